The first kappa shape index (κ1) is 20.9. The van der Waals surface area contributed by atoms with Crippen molar-refractivity contribution in [1.82, 2.24) is 5.32 Å². The van der Waals surface area contributed by atoms with Crippen LogP contribution in [-0.2, 0) is 4.79 Å². The van der Waals surface area contributed by atoms with Crippen molar-refractivity contribution < 1.29 is 9.53 Å². The molecule has 0 aromatic heterocycles. The van der Waals surface area contributed by atoms with Crippen LogP contribution in [0.1, 0.15) is 37.8 Å². The van der Waals surface area contributed by atoms with Crippen molar-refractivity contribution in [3.05, 3.63) is 59.7 Å². The molecule has 2 N–H and O–H groups in total. The molecule has 0 saturated heterocycles. The van der Waals surface area contributed by atoms with Crippen LogP contribution in [0.3, 0.4) is 0 Å². The van der Waals surface area contributed by atoms with Crippen LogP contribution in [0.4, 0.5) is 5.69 Å². The van der Waals surface area contributed by atoms with Gasteiger partial charge in [0, 0.05) is 11.1 Å². The summed E-state index contributed by atoms with van der Waals surface area (Å²) in [5, 5.41) is 6.12. The van der Waals surface area contributed by atoms with Gasteiger partial charge < -0.3 is 15.4 Å². The number of carbonyl (C=O) groups excluding carboxylic acids is 1. The molecule has 0 aliphatic rings. The third-order valence-electron chi connectivity index (χ3n) is 4.42. The summed E-state index contributed by atoms with van der Waals surface area (Å²) in [6.07, 6.45) is 1.49. The second kappa shape index (κ2) is 9.51. The van der Waals surface area contributed by atoms with E-state index >= 15 is 0 Å². The lowest BCUT2D eigenvalue weighted by Gasteiger charge is -2.24. The molecule has 0 aliphatic carbocycles. The SMILES string of the molecule is Cc1ccc(C)c(OCCCC(C)(C)C(=O)NC(=S)Nc2ccccc2)c1. The number of nitrogens with one attached hydrogen (secondary N) is 2. The molecular weight excluding hydrogens is 356 g/mol. The maximum Gasteiger partial charge on any atom is 0.231 e. The molecule has 144 valence electrons. The van der Waals surface area contributed by atoms with Crippen LogP contribution in [0.25, 0.3) is 0 Å². The van der Waals surface area contributed by atoms with Gasteiger partial charge in [-0.05, 0) is 68.2 Å². The topological polar surface area (TPSA) is 50.4 Å². The summed E-state index contributed by atoms with van der Waals surface area (Å²) in [6, 6.07) is 15.7. The van der Waals surface area contributed by atoms with Crippen LogP contribution >= 0.6 is 12.2 Å². The van der Waals surface area contributed by atoms with Crippen LogP contribution in [0.15, 0.2) is 48.5 Å². The summed E-state index contributed by atoms with van der Waals surface area (Å²) in [7, 11) is 0. The lowest BCUT2D eigenvalue weighted by Crippen LogP contribution is -2.42. The normalized spacial score (nSPS) is 11.0. The summed E-state index contributed by atoms with van der Waals surface area (Å²) < 4.78 is 5.88. The average molecular weight is 385 g/mol. The van der Waals surface area contributed by atoms with Gasteiger partial charge in [-0.2, -0.15) is 0 Å². The second-order valence-electron chi connectivity index (χ2n) is 7.38. The molecule has 0 saturated carbocycles. The van der Waals surface area contributed by atoms with Crippen LogP contribution in [0.2, 0.25) is 0 Å². The fourth-order valence-electron chi connectivity index (χ4n) is 2.63. The predicted molar refractivity (Wildman–Crippen MR) is 115 cm³/mol. The van der Waals surface area contributed by atoms with Gasteiger partial charge in [0.15, 0.2) is 5.11 Å². The molecule has 2 rings (SSSR count). The Balaban J connectivity index is 1.78. The number of anilines is 1. The fourth-order valence-corrected chi connectivity index (χ4v) is 2.84. The van der Waals surface area contributed by atoms with Crippen LogP contribution < -0.4 is 15.4 Å². The summed E-state index contributed by atoms with van der Waals surface area (Å²) in [5.41, 5.74) is 2.61. The molecule has 0 aliphatic heterocycles. The molecule has 2 aromatic rings. The number of aryl methyl sites for hydroxylation is 2. The van der Waals surface area contributed by atoms with E-state index in [0.29, 0.717) is 18.1 Å². The minimum atomic E-state index is -0.534. The highest BCUT2D eigenvalue weighted by Crippen LogP contribution is 2.24. The van der Waals surface area contributed by atoms with Gasteiger partial charge in [-0.1, -0.05) is 44.2 Å². The molecule has 5 heteroatoms. The molecule has 0 radical (unpaired) electrons. The zero-order valence-electron chi connectivity index (χ0n) is 16.5. The fraction of sp³-hybridized carbons (Fsp3) is 0.364. The van der Waals surface area contributed by atoms with Crippen molar-refractivity contribution in [3.63, 3.8) is 0 Å². The van der Waals surface area contributed by atoms with Crippen molar-refractivity contribution in [1.29, 1.82) is 0 Å². The highest BCUT2D eigenvalue weighted by molar-refractivity contribution is 7.80. The van der Waals surface area contributed by atoms with Gasteiger partial charge in [0.05, 0.1) is 6.61 Å². The van der Waals surface area contributed by atoms with E-state index in [1.807, 2.05) is 64.1 Å². The summed E-state index contributed by atoms with van der Waals surface area (Å²) >= 11 is 5.24. The van der Waals surface area contributed by atoms with E-state index in [-0.39, 0.29) is 5.91 Å². The van der Waals surface area contributed by atoms with E-state index in [1.54, 1.807) is 0 Å². The van der Waals surface area contributed by atoms with E-state index in [0.717, 1.165) is 23.4 Å². The summed E-state index contributed by atoms with van der Waals surface area (Å²) in [6.45, 7) is 8.50. The third-order valence-corrected chi connectivity index (χ3v) is 4.62. The summed E-state index contributed by atoms with van der Waals surface area (Å²) in [5.74, 6) is 0.813. The first-order valence-corrected chi connectivity index (χ1v) is 9.56. The lowest BCUT2D eigenvalue weighted by molar-refractivity contribution is -0.128. The number of para-hydroxylation sites is 1. The molecule has 0 spiro atoms. The van der Waals surface area contributed by atoms with Gasteiger partial charge in [-0.15, -0.1) is 0 Å². The Morgan fingerprint density at radius 1 is 1.11 bits per heavy atom. The zero-order valence-corrected chi connectivity index (χ0v) is 17.3. The van der Waals surface area contributed by atoms with Crippen molar-refractivity contribution in [3.8, 4) is 5.75 Å². The maximum absolute atomic E-state index is 12.5. The molecule has 0 fully saturated rings. The van der Waals surface area contributed by atoms with E-state index < -0.39 is 5.41 Å². The Morgan fingerprint density at radius 2 is 1.81 bits per heavy atom. The van der Waals surface area contributed by atoms with Crippen molar-refractivity contribution in [2.45, 2.75) is 40.5 Å². The maximum atomic E-state index is 12.5. The first-order valence-electron chi connectivity index (χ1n) is 9.15. The quantitative estimate of drug-likeness (QED) is 0.521. The predicted octanol–water partition coefficient (Wildman–Crippen LogP) is 5.00. The monoisotopic (exact) mass is 384 g/mol. The highest BCUT2D eigenvalue weighted by Gasteiger charge is 2.27. The van der Waals surface area contributed by atoms with Gasteiger partial charge in [0.1, 0.15) is 5.75 Å². The molecule has 0 bridgehead atoms. The van der Waals surface area contributed by atoms with Gasteiger partial charge >= 0.3 is 0 Å². The second-order valence-corrected chi connectivity index (χ2v) is 7.79. The van der Waals surface area contributed by atoms with E-state index in [2.05, 4.69) is 22.8 Å². The van der Waals surface area contributed by atoms with Gasteiger partial charge in [-0.3, -0.25) is 4.79 Å². The number of hydrogen-bond acceptors (Lipinski definition) is 3. The highest BCUT2D eigenvalue weighted by atomic mass is 32.1. The van der Waals surface area contributed by atoms with Crippen LogP contribution in [-0.4, -0.2) is 17.6 Å². The smallest absolute Gasteiger partial charge is 0.231 e. The first-order chi connectivity index (χ1) is 12.8. The molecule has 0 unspecified atom stereocenters. The standard InChI is InChI=1S/C22H28N2O2S/c1-16-11-12-17(2)19(15-16)26-14-8-13-22(3,4)20(25)24-21(27)23-18-9-6-5-7-10-18/h5-7,9-12,15H,8,13-14H2,1-4H3,(H2,23,24,25,27). The van der Waals surface area contributed by atoms with Crippen molar-refractivity contribution in [2.75, 3.05) is 11.9 Å². The number of rotatable bonds is 7. The van der Waals surface area contributed by atoms with Crippen LogP contribution in [0, 0.1) is 19.3 Å². The average Bonchev–Trinajstić information content (AvgIpc) is 2.62. The van der Waals surface area contributed by atoms with Gasteiger partial charge in [-0.25, -0.2) is 0 Å². The number of hydrogen-bond donors (Lipinski definition) is 2. The molecule has 4 nitrogen and oxygen atoms in total. The molecule has 0 heterocycles. The molecule has 1 amide bonds. The van der Waals surface area contributed by atoms with E-state index in [4.69, 9.17) is 17.0 Å². The minimum Gasteiger partial charge on any atom is -0.493 e. The Morgan fingerprint density at radius 3 is 2.52 bits per heavy atom. The molecule has 0 atom stereocenters. The lowest BCUT2D eigenvalue weighted by atomic mass is 9.87. The van der Waals surface area contributed by atoms with E-state index in [1.165, 1.54) is 5.56 Å². The number of thiocarbonyl (C=S) groups is 1. The number of ether oxygens (including phenoxy) is 1. The third kappa shape index (κ3) is 6.68. The summed E-state index contributed by atoms with van der Waals surface area (Å²) in [4.78, 5) is 12.5. The van der Waals surface area contributed by atoms with E-state index in [9.17, 15) is 4.79 Å². The Bertz CT molecular complexity index is 788. The van der Waals surface area contributed by atoms with Crippen molar-refractivity contribution in [2.24, 2.45) is 5.41 Å². The number of amides is 1. The largest absolute Gasteiger partial charge is 0.493 e. The molecular formula is C22H28N2O2S. The Labute approximate surface area is 167 Å². The zero-order chi connectivity index (χ0) is 19.9. The molecule has 27 heavy (non-hydrogen) atoms. The van der Waals surface area contributed by atoms with Gasteiger partial charge in [0.25, 0.3) is 0 Å². The molecule has 2 aromatic carbocycles. The van der Waals surface area contributed by atoms with Gasteiger partial charge in [0.2, 0.25) is 5.91 Å². The number of carbonyl (C=O) groups is 1. The van der Waals surface area contributed by atoms with Crippen molar-refractivity contribution >= 4 is 28.9 Å². The number of benzene rings is 2. The Hall–Kier alpha value is -2.40. The minimum absolute atomic E-state index is 0.0948. The van der Waals surface area contributed by atoms with Crippen LogP contribution in [0.5, 0.6) is 5.75 Å². The Kier molecular flexibility index (Phi) is 7.36.